The number of carbonyl (C=O) groups excluding carboxylic acids is 2. The molecule has 2 N–H and O–H groups in total. The van der Waals surface area contributed by atoms with Gasteiger partial charge in [0.1, 0.15) is 0 Å². The van der Waals surface area contributed by atoms with Gasteiger partial charge in [-0.2, -0.15) is 5.10 Å². The number of anilines is 1. The van der Waals surface area contributed by atoms with Crippen molar-refractivity contribution in [3.63, 3.8) is 0 Å². The number of nitrogens with one attached hydrogen (secondary N) is 2. The van der Waals surface area contributed by atoms with Gasteiger partial charge in [0.15, 0.2) is 0 Å². The number of amides is 2. The highest BCUT2D eigenvalue weighted by atomic mass is 79.9. The fourth-order valence-corrected chi connectivity index (χ4v) is 2.65. The molecule has 2 aromatic rings. The van der Waals surface area contributed by atoms with Gasteiger partial charge in [-0.15, -0.1) is 0 Å². The average molecular weight is 443 g/mol. The predicted octanol–water partition coefficient (Wildman–Crippen LogP) is 4.89. The van der Waals surface area contributed by atoms with Crippen LogP contribution in [0.25, 0.3) is 0 Å². The summed E-state index contributed by atoms with van der Waals surface area (Å²) in [6.07, 6.45) is 0.0463. The molecule has 2 amide bonds. The lowest BCUT2D eigenvalue weighted by Gasteiger charge is -2.06. The molecule has 0 atom stereocenters. The normalized spacial score (nSPS) is 11.1. The standard InChI is InChI=1S/C17H14BrCl2N3O2/c1-10(8-16(24)21-13-5-2-11(18)3-6-13)22-23-17(25)14-7-4-12(19)9-15(14)20/h2-7,9H,8H2,1H3,(H,21,24)(H,23,25)/b22-10+. The van der Waals surface area contributed by atoms with Gasteiger partial charge in [0, 0.05) is 20.9 Å². The van der Waals surface area contributed by atoms with Crippen LogP contribution in [0.2, 0.25) is 10.0 Å². The molecule has 0 aliphatic carbocycles. The van der Waals surface area contributed by atoms with Crippen LogP contribution in [0, 0.1) is 0 Å². The monoisotopic (exact) mass is 441 g/mol. The predicted molar refractivity (Wildman–Crippen MR) is 104 cm³/mol. The number of benzene rings is 2. The molecule has 2 aromatic carbocycles. The average Bonchev–Trinajstić information content (AvgIpc) is 2.54. The van der Waals surface area contributed by atoms with E-state index in [-0.39, 0.29) is 22.9 Å². The van der Waals surface area contributed by atoms with Crippen molar-refractivity contribution >= 4 is 62.3 Å². The molecule has 0 unspecified atom stereocenters. The molecule has 0 saturated carbocycles. The molecule has 2 rings (SSSR count). The molecular weight excluding hydrogens is 429 g/mol. The molecule has 0 spiro atoms. The molecule has 8 heteroatoms. The molecule has 0 saturated heterocycles. The van der Waals surface area contributed by atoms with E-state index < -0.39 is 5.91 Å². The maximum absolute atomic E-state index is 12.0. The Labute approximate surface area is 163 Å². The molecule has 0 bridgehead atoms. The molecule has 0 fully saturated rings. The third-order valence-corrected chi connectivity index (χ3v) is 4.14. The van der Waals surface area contributed by atoms with Crippen molar-refractivity contribution < 1.29 is 9.59 Å². The topological polar surface area (TPSA) is 70.6 Å². The second kappa shape index (κ2) is 8.99. The van der Waals surface area contributed by atoms with Gasteiger partial charge in [-0.3, -0.25) is 9.59 Å². The zero-order chi connectivity index (χ0) is 18.4. The Morgan fingerprint density at radius 3 is 2.44 bits per heavy atom. The van der Waals surface area contributed by atoms with Crippen LogP contribution in [0.15, 0.2) is 52.0 Å². The first-order chi connectivity index (χ1) is 11.8. The Balaban J connectivity index is 1.91. The van der Waals surface area contributed by atoms with E-state index in [4.69, 9.17) is 23.2 Å². The zero-order valence-electron chi connectivity index (χ0n) is 13.1. The molecular formula is C17H14BrCl2N3O2. The van der Waals surface area contributed by atoms with E-state index in [2.05, 4.69) is 31.8 Å². The van der Waals surface area contributed by atoms with E-state index in [1.54, 1.807) is 25.1 Å². The van der Waals surface area contributed by atoms with Crippen molar-refractivity contribution in [2.45, 2.75) is 13.3 Å². The van der Waals surface area contributed by atoms with E-state index in [9.17, 15) is 9.59 Å². The number of hydrazone groups is 1. The minimum atomic E-state index is -0.477. The molecule has 5 nitrogen and oxygen atoms in total. The van der Waals surface area contributed by atoms with E-state index in [1.165, 1.54) is 12.1 Å². The number of halogens is 3. The van der Waals surface area contributed by atoms with Gasteiger partial charge in [0.2, 0.25) is 5.91 Å². The Morgan fingerprint density at radius 1 is 1.12 bits per heavy atom. The van der Waals surface area contributed by atoms with Gasteiger partial charge in [0.25, 0.3) is 5.91 Å². The lowest BCUT2D eigenvalue weighted by molar-refractivity contribution is -0.115. The number of hydrogen-bond donors (Lipinski definition) is 2. The van der Waals surface area contributed by atoms with Crippen molar-refractivity contribution in [3.8, 4) is 0 Å². The van der Waals surface area contributed by atoms with Crippen LogP contribution in [0.5, 0.6) is 0 Å². The highest BCUT2D eigenvalue weighted by Gasteiger charge is 2.11. The van der Waals surface area contributed by atoms with Gasteiger partial charge >= 0.3 is 0 Å². The molecule has 25 heavy (non-hydrogen) atoms. The van der Waals surface area contributed by atoms with Crippen LogP contribution in [-0.2, 0) is 4.79 Å². The van der Waals surface area contributed by atoms with E-state index in [0.717, 1.165) is 4.47 Å². The van der Waals surface area contributed by atoms with Gasteiger partial charge < -0.3 is 5.32 Å². The molecule has 130 valence electrons. The third kappa shape index (κ3) is 6.16. The Kier molecular flexibility index (Phi) is 6.99. The smallest absolute Gasteiger partial charge is 0.272 e. The Bertz CT molecular complexity index is 823. The number of rotatable bonds is 5. The van der Waals surface area contributed by atoms with E-state index >= 15 is 0 Å². The first-order valence-corrected chi connectivity index (χ1v) is 8.74. The Morgan fingerprint density at radius 2 is 1.80 bits per heavy atom. The highest BCUT2D eigenvalue weighted by Crippen LogP contribution is 2.20. The summed E-state index contributed by atoms with van der Waals surface area (Å²) in [5, 5.41) is 7.33. The van der Waals surface area contributed by atoms with Gasteiger partial charge in [-0.1, -0.05) is 39.1 Å². The quantitative estimate of drug-likeness (QED) is 0.511. The van der Waals surface area contributed by atoms with E-state index in [0.29, 0.717) is 16.4 Å². The number of carbonyl (C=O) groups is 2. The second-order valence-electron chi connectivity index (χ2n) is 5.14. The van der Waals surface area contributed by atoms with Crippen molar-refractivity contribution in [3.05, 3.63) is 62.5 Å². The minimum absolute atomic E-state index is 0.0463. The molecule has 0 radical (unpaired) electrons. The molecule has 0 aliphatic rings. The van der Waals surface area contributed by atoms with E-state index in [1.807, 2.05) is 12.1 Å². The summed E-state index contributed by atoms with van der Waals surface area (Å²) in [6, 6.07) is 11.7. The van der Waals surface area contributed by atoms with Crippen LogP contribution in [-0.4, -0.2) is 17.5 Å². The lowest BCUT2D eigenvalue weighted by atomic mass is 10.2. The summed E-state index contributed by atoms with van der Waals surface area (Å²) in [6.45, 7) is 1.64. The van der Waals surface area contributed by atoms with Crippen molar-refractivity contribution in [2.24, 2.45) is 5.10 Å². The molecule has 0 aliphatic heterocycles. The summed E-state index contributed by atoms with van der Waals surface area (Å²) in [4.78, 5) is 24.0. The minimum Gasteiger partial charge on any atom is -0.326 e. The SMILES string of the molecule is C/C(CC(=O)Nc1ccc(Br)cc1)=N\NC(=O)c1ccc(Cl)cc1Cl. The van der Waals surface area contributed by atoms with Crippen molar-refractivity contribution in [1.82, 2.24) is 5.43 Å². The van der Waals surface area contributed by atoms with Crippen molar-refractivity contribution in [2.75, 3.05) is 5.32 Å². The summed E-state index contributed by atoms with van der Waals surface area (Å²) >= 11 is 15.1. The summed E-state index contributed by atoms with van der Waals surface area (Å²) in [7, 11) is 0. The summed E-state index contributed by atoms with van der Waals surface area (Å²) < 4.78 is 0.923. The van der Waals surface area contributed by atoms with Gasteiger partial charge in [0.05, 0.1) is 17.0 Å². The maximum Gasteiger partial charge on any atom is 0.272 e. The number of nitrogens with zero attached hydrogens (tertiary/aromatic N) is 1. The fourth-order valence-electron chi connectivity index (χ4n) is 1.89. The highest BCUT2D eigenvalue weighted by molar-refractivity contribution is 9.10. The fraction of sp³-hybridized carbons (Fsp3) is 0.118. The van der Waals surface area contributed by atoms with Crippen LogP contribution >= 0.6 is 39.1 Å². The molecule has 0 heterocycles. The van der Waals surface area contributed by atoms with Gasteiger partial charge in [-0.05, 0) is 49.4 Å². The lowest BCUT2D eigenvalue weighted by Crippen LogP contribution is -2.21. The molecule has 0 aromatic heterocycles. The number of hydrogen-bond acceptors (Lipinski definition) is 3. The zero-order valence-corrected chi connectivity index (χ0v) is 16.2. The third-order valence-electron chi connectivity index (χ3n) is 3.07. The maximum atomic E-state index is 12.0. The van der Waals surface area contributed by atoms with Crippen molar-refractivity contribution in [1.29, 1.82) is 0 Å². The van der Waals surface area contributed by atoms with Crippen LogP contribution < -0.4 is 10.7 Å². The first kappa shape index (κ1) is 19.4. The Hall–Kier alpha value is -1.89. The van der Waals surface area contributed by atoms with Gasteiger partial charge in [-0.25, -0.2) is 5.43 Å². The summed E-state index contributed by atoms with van der Waals surface area (Å²) in [5.41, 5.74) is 3.75. The van der Waals surface area contributed by atoms with Crippen LogP contribution in [0.3, 0.4) is 0 Å². The largest absolute Gasteiger partial charge is 0.326 e. The second-order valence-corrected chi connectivity index (χ2v) is 6.90. The van der Waals surface area contributed by atoms with Crippen LogP contribution in [0.1, 0.15) is 23.7 Å². The van der Waals surface area contributed by atoms with Crippen LogP contribution in [0.4, 0.5) is 5.69 Å². The summed E-state index contributed by atoms with van der Waals surface area (Å²) in [5.74, 6) is -0.711. The first-order valence-electron chi connectivity index (χ1n) is 7.19.